The first-order valence-electron chi connectivity index (χ1n) is 12.9. The smallest absolute Gasteiger partial charge is 0.408 e. The summed E-state index contributed by atoms with van der Waals surface area (Å²) in [5, 5.41) is 23.0. The summed E-state index contributed by atoms with van der Waals surface area (Å²) in [5.74, 6) is 0.488. The van der Waals surface area contributed by atoms with Gasteiger partial charge in [0.1, 0.15) is 12.6 Å². The van der Waals surface area contributed by atoms with E-state index in [2.05, 4.69) is 16.1 Å². The molecule has 12 nitrogen and oxygen atoms in total. The van der Waals surface area contributed by atoms with Crippen molar-refractivity contribution in [3.63, 3.8) is 0 Å². The van der Waals surface area contributed by atoms with Gasteiger partial charge in [0.25, 0.3) is 0 Å². The molecule has 0 spiro atoms. The molecule has 2 amide bonds. The van der Waals surface area contributed by atoms with E-state index in [9.17, 15) is 20.0 Å². The number of azide groups is 1. The number of ether oxygens (including phenoxy) is 3. The van der Waals surface area contributed by atoms with Crippen molar-refractivity contribution in [1.29, 1.82) is 5.26 Å². The molecule has 5 fully saturated rings. The second-order valence-corrected chi connectivity index (χ2v) is 10.6. The Labute approximate surface area is 211 Å². The zero-order valence-corrected chi connectivity index (χ0v) is 20.7. The molecule has 4 bridgehead atoms. The monoisotopic (exact) mass is 504 g/mol. The van der Waals surface area contributed by atoms with Gasteiger partial charge in [-0.05, 0) is 68.7 Å². The maximum Gasteiger partial charge on any atom is 0.408 e. The number of hydrogen-bond donors (Lipinski definition) is 1. The van der Waals surface area contributed by atoms with E-state index in [0.29, 0.717) is 70.8 Å². The standard InChI is InChI=1S/C24H36N6O6/c25-15-20-2-1-4-29(20)21(31)16-30(22(32)33)23-11-18-10-19(12-23)14-24(13-18,17-23)36-9-8-35-7-6-34-5-3-27-28-26/h18-20H,1-14,16-17H2,(H,32,33)/t18-,19-,20-,23?,24?/m0/s1. The molecule has 1 aliphatic heterocycles. The van der Waals surface area contributed by atoms with Crippen LogP contribution in [0.1, 0.15) is 51.4 Å². The molecule has 4 aliphatic carbocycles. The van der Waals surface area contributed by atoms with E-state index in [1.54, 1.807) is 4.90 Å². The van der Waals surface area contributed by atoms with Crippen LogP contribution >= 0.6 is 0 Å². The second-order valence-electron chi connectivity index (χ2n) is 10.6. The number of rotatable bonds is 13. The lowest BCUT2D eigenvalue weighted by Crippen LogP contribution is -2.68. The molecule has 12 heteroatoms. The lowest BCUT2D eigenvalue weighted by Gasteiger charge is -2.63. The van der Waals surface area contributed by atoms with E-state index < -0.39 is 23.3 Å². The number of carbonyl (C=O) groups excluding carboxylic acids is 1. The number of nitrogens with zero attached hydrogens (tertiary/aromatic N) is 6. The van der Waals surface area contributed by atoms with Gasteiger partial charge in [0.15, 0.2) is 0 Å². The quantitative estimate of drug-likeness (QED) is 0.174. The molecule has 5 rings (SSSR count). The average molecular weight is 505 g/mol. The molecule has 198 valence electrons. The van der Waals surface area contributed by atoms with Crippen molar-refractivity contribution in [1.82, 2.24) is 9.80 Å². The summed E-state index contributed by atoms with van der Waals surface area (Å²) >= 11 is 0. The van der Waals surface area contributed by atoms with Crippen molar-refractivity contribution in [2.45, 2.75) is 68.5 Å². The highest BCUT2D eigenvalue weighted by Crippen LogP contribution is 2.60. The van der Waals surface area contributed by atoms with Gasteiger partial charge in [-0.3, -0.25) is 9.69 Å². The van der Waals surface area contributed by atoms with Crippen LogP contribution in [0.5, 0.6) is 0 Å². The van der Waals surface area contributed by atoms with Gasteiger partial charge in [-0.15, -0.1) is 0 Å². The maximum atomic E-state index is 13.1. The summed E-state index contributed by atoms with van der Waals surface area (Å²) in [6.45, 7) is 2.60. The third kappa shape index (κ3) is 5.86. The van der Waals surface area contributed by atoms with E-state index >= 15 is 0 Å². The SMILES string of the molecule is N#C[C@@H]1CCCN1C(=O)CN(C(=O)O)C12C[C@@H]3C[C@H](CC(OCCOCCOCCN=[N+]=[N-])(C3)C1)C2. The zero-order valence-electron chi connectivity index (χ0n) is 20.7. The Morgan fingerprint density at radius 2 is 1.83 bits per heavy atom. The van der Waals surface area contributed by atoms with Gasteiger partial charge in [0.05, 0.1) is 50.2 Å². The van der Waals surface area contributed by atoms with Crippen LogP contribution in [0.4, 0.5) is 4.79 Å². The molecule has 0 aromatic rings. The molecular weight excluding hydrogens is 468 g/mol. The van der Waals surface area contributed by atoms with E-state index in [-0.39, 0.29) is 12.5 Å². The van der Waals surface area contributed by atoms with Gasteiger partial charge in [-0.2, -0.15) is 5.26 Å². The van der Waals surface area contributed by atoms with Gasteiger partial charge in [0.2, 0.25) is 5.91 Å². The highest BCUT2D eigenvalue weighted by molar-refractivity contribution is 5.83. The first-order valence-corrected chi connectivity index (χ1v) is 12.9. The van der Waals surface area contributed by atoms with Crippen LogP contribution in [0.2, 0.25) is 0 Å². The molecule has 0 aromatic carbocycles. The number of carboxylic acid groups (broad SMARTS) is 1. The minimum Gasteiger partial charge on any atom is -0.465 e. The number of likely N-dealkylation sites (tertiary alicyclic amines) is 1. The van der Waals surface area contributed by atoms with Crippen LogP contribution in [-0.2, 0) is 19.0 Å². The minimum absolute atomic E-state index is 0.203. The molecule has 4 saturated carbocycles. The molecule has 1 heterocycles. The number of hydrogen-bond acceptors (Lipinski definition) is 7. The molecule has 0 unspecified atom stereocenters. The maximum absolute atomic E-state index is 13.1. The Kier molecular flexibility index (Phi) is 8.57. The number of carbonyl (C=O) groups is 2. The van der Waals surface area contributed by atoms with Gasteiger partial charge in [-0.25, -0.2) is 4.79 Å². The van der Waals surface area contributed by atoms with Crippen LogP contribution < -0.4 is 0 Å². The van der Waals surface area contributed by atoms with Crippen LogP contribution in [-0.4, -0.2) is 96.8 Å². The molecular formula is C24H36N6O6. The van der Waals surface area contributed by atoms with Gasteiger partial charge >= 0.3 is 6.09 Å². The third-order valence-corrected chi connectivity index (χ3v) is 8.20. The fraction of sp³-hybridized carbons (Fsp3) is 0.875. The minimum atomic E-state index is -1.07. The summed E-state index contributed by atoms with van der Waals surface area (Å²) in [7, 11) is 0. The predicted octanol–water partition coefficient (Wildman–Crippen LogP) is 2.93. The van der Waals surface area contributed by atoms with E-state index in [4.69, 9.17) is 19.7 Å². The van der Waals surface area contributed by atoms with Gasteiger partial charge in [0, 0.05) is 18.0 Å². The summed E-state index contributed by atoms with van der Waals surface area (Å²) in [6, 6.07) is 1.71. The van der Waals surface area contributed by atoms with Crippen LogP contribution in [0.25, 0.3) is 10.4 Å². The molecule has 5 aliphatic rings. The highest BCUT2D eigenvalue weighted by Gasteiger charge is 2.61. The Morgan fingerprint density at radius 1 is 1.14 bits per heavy atom. The summed E-state index contributed by atoms with van der Waals surface area (Å²) in [5.41, 5.74) is 7.24. The molecule has 36 heavy (non-hydrogen) atoms. The fourth-order valence-corrected chi connectivity index (χ4v) is 7.27. The number of nitriles is 1. The van der Waals surface area contributed by atoms with Crippen molar-refractivity contribution in [2.24, 2.45) is 17.0 Å². The van der Waals surface area contributed by atoms with Crippen LogP contribution in [0.3, 0.4) is 0 Å². The predicted molar refractivity (Wildman–Crippen MR) is 127 cm³/mol. The van der Waals surface area contributed by atoms with Gasteiger partial charge < -0.3 is 24.2 Å². The summed E-state index contributed by atoms with van der Waals surface area (Å²) in [6.07, 6.45) is 5.38. The lowest BCUT2D eigenvalue weighted by molar-refractivity contribution is -0.200. The van der Waals surface area contributed by atoms with E-state index in [1.165, 1.54) is 4.90 Å². The molecule has 1 N–H and O–H groups in total. The van der Waals surface area contributed by atoms with Crippen molar-refractivity contribution >= 4 is 12.0 Å². The topological polar surface area (TPSA) is 161 Å². The molecule has 0 radical (unpaired) electrons. The second kappa shape index (κ2) is 11.6. The van der Waals surface area contributed by atoms with Crippen molar-refractivity contribution in [2.75, 3.05) is 52.7 Å². The zero-order chi connectivity index (χ0) is 25.6. The highest BCUT2D eigenvalue weighted by atomic mass is 16.6. The van der Waals surface area contributed by atoms with E-state index in [1.807, 2.05) is 0 Å². The van der Waals surface area contributed by atoms with Crippen LogP contribution in [0, 0.1) is 23.2 Å². The third-order valence-electron chi connectivity index (χ3n) is 8.20. The van der Waals surface area contributed by atoms with Crippen molar-refractivity contribution < 1.29 is 28.9 Å². The fourth-order valence-electron chi connectivity index (χ4n) is 7.27. The first kappa shape index (κ1) is 26.5. The lowest BCUT2D eigenvalue weighted by atomic mass is 9.50. The van der Waals surface area contributed by atoms with Crippen molar-refractivity contribution in [3.8, 4) is 6.07 Å². The van der Waals surface area contributed by atoms with Crippen LogP contribution in [0.15, 0.2) is 5.11 Å². The average Bonchev–Trinajstić information content (AvgIpc) is 3.31. The summed E-state index contributed by atoms with van der Waals surface area (Å²) in [4.78, 5) is 31.1. The Morgan fingerprint density at radius 3 is 2.50 bits per heavy atom. The Balaban J connectivity index is 1.33. The molecule has 3 atom stereocenters. The normalized spacial score (nSPS) is 32.2. The molecule has 1 saturated heterocycles. The summed E-state index contributed by atoms with van der Waals surface area (Å²) < 4.78 is 17.3. The van der Waals surface area contributed by atoms with Gasteiger partial charge in [-0.1, -0.05) is 5.11 Å². The first-order chi connectivity index (χ1) is 17.4. The Bertz CT molecular complexity index is 888. The largest absolute Gasteiger partial charge is 0.465 e. The number of amides is 2. The Hall–Kier alpha value is -2.58. The molecule has 0 aromatic heterocycles. The van der Waals surface area contributed by atoms with E-state index in [0.717, 1.165) is 38.5 Å². The van der Waals surface area contributed by atoms with Crippen molar-refractivity contribution in [3.05, 3.63) is 10.4 Å².